The summed E-state index contributed by atoms with van der Waals surface area (Å²) in [5.41, 5.74) is 6.27. The molecule has 0 unspecified atom stereocenters. The maximum Gasteiger partial charge on any atom is 0.218 e. The van der Waals surface area contributed by atoms with E-state index in [1.54, 1.807) is 0 Å². The van der Waals surface area contributed by atoms with Gasteiger partial charge in [-0.15, -0.1) is 0 Å². The van der Waals surface area contributed by atoms with Gasteiger partial charge in [0.2, 0.25) is 10.0 Å². The van der Waals surface area contributed by atoms with Crippen LogP contribution in [-0.4, -0.2) is 31.9 Å². The molecule has 4 nitrogen and oxygen atoms in total. The average molecular weight is 270 g/mol. The van der Waals surface area contributed by atoms with Crippen LogP contribution in [0.3, 0.4) is 0 Å². The lowest BCUT2D eigenvalue weighted by molar-refractivity contribution is 0.350. The molecule has 0 aliphatic heterocycles. The first-order valence-electron chi connectivity index (χ1n) is 6.21. The molecule has 0 saturated heterocycles. The zero-order valence-corrected chi connectivity index (χ0v) is 11.9. The van der Waals surface area contributed by atoms with E-state index < -0.39 is 10.0 Å². The second kappa shape index (κ2) is 6.87. The van der Waals surface area contributed by atoms with Crippen molar-refractivity contribution in [3.05, 3.63) is 35.9 Å². The van der Waals surface area contributed by atoms with Gasteiger partial charge in [0.1, 0.15) is 0 Å². The van der Waals surface area contributed by atoms with Crippen LogP contribution in [0.2, 0.25) is 0 Å². The van der Waals surface area contributed by atoms with E-state index in [2.05, 4.69) is 0 Å². The Labute approximate surface area is 110 Å². The van der Waals surface area contributed by atoms with Gasteiger partial charge >= 0.3 is 0 Å². The lowest BCUT2D eigenvalue weighted by atomic mass is 10.2. The third-order valence-corrected chi connectivity index (χ3v) is 4.72. The zero-order valence-electron chi connectivity index (χ0n) is 11.0. The van der Waals surface area contributed by atoms with Crippen molar-refractivity contribution in [2.75, 3.05) is 13.1 Å². The van der Waals surface area contributed by atoms with Crippen LogP contribution in [0.15, 0.2) is 30.3 Å². The van der Waals surface area contributed by atoms with Gasteiger partial charge in [-0.2, -0.15) is 4.31 Å². The smallest absolute Gasteiger partial charge is 0.218 e. The Kier molecular flexibility index (Phi) is 5.78. The topological polar surface area (TPSA) is 63.4 Å². The summed E-state index contributed by atoms with van der Waals surface area (Å²) >= 11 is 0. The van der Waals surface area contributed by atoms with Gasteiger partial charge in [-0.1, -0.05) is 30.3 Å². The molecule has 102 valence electrons. The summed E-state index contributed by atoms with van der Waals surface area (Å²) in [6.07, 6.45) is 0.687. The summed E-state index contributed by atoms with van der Waals surface area (Å²) in [6.45, 7) is 4.77. The Morgan fingerprint density at radius 1 is 1.22 bits per heavy atom. The highest BCUT2D eigenvalue weighted by molar-refractivity contribution is 7.88. The van der Waals surface area contributed by atoms with Crippen molar-refractivity contribution in [2.24, 2.45) is 5.73 Å². The zero-order chi connectivity index (χ0) is 13.6. The molecule has 0 spiro atoms. The Morgan fingerprint density at radius 2 is 1.83 bits per heavy atom. The molecule has 1 aromatic rings. The molecule has 0 aromatic heterocycles. The number of sulfonamides is 1. The third kappa shape index (κ3) is 4.40. The van der Waals surface area contributed by atoms with Crippen molar-refractivity contribution in [1.82, 2.24) is 4.31 Å². The fraction of sp³-hybridized carbons (Fsp3) is 0.538. The number of hydrogen-bond donors (Lipinski definition) is 1. The van der Waals surface area contributed by atoms with Crippen molar-refractivity contribution in [3.8, 4) is 0 Å². The van der Waals surface area contributed by atoms with E-state index in [0.717, 1.165) is 5.56 Å². The summed E-state index contributed by atoms with van der Waals surface area (Å²) in [4.78, 5) is 0. The largest absolute Gasteiger partial charge is 0.330 e. The molecular formula is C13H22N2O2S. The predicted octanol–water partition coefficient (Wildman–Crippen LogP) is 1.58. The number of hydrogen-bond acceptors (Lipinski definition) is 3. The van der Waals surface area contributed by atoms with Crippen LogP contribution in [0, 0.1) is 0 Å². The Balaban J connectivity index is 2.82. The minimum Gasteiger partial charge on any atom is -0.330 e. The molecule has 0 amide bonds. The molecule has 0 atom stereocenters. The highest BCUT2D eigenvalue weighted by Crippen LogP contribution is 2.14. The Morgan fingerprint density at radius 3 is 2.33 bits per heavy atom. The molecule has 5 heteroatoms. The standard InChI is InChI=1S/C13H22N2O2S/c1-12(2)15(10-6-9-14)18(16,17)11-13-7-4-3-5-8-13/h3-5,7-8,12H,6,9-11,14H2,1-2H3. The van der Waals surface area contributed by atoms with Gasteiger partial charge in [-0.3, -0.25) is 0 Å². The molecule has 0 aliphatic rings. The third-order valence-electron chi connectivity index (χ3n) is 2.71. The highest BCUT2D eigenvalue weighted by Gasteiger charge is 2.24. The van der Waals surface area contributed by atoms with Crippen LogP contribution in [0.5, 0.6) is 0 Å². The Bertz CT molecular complexity index is 443. The molecular weight excluding hydrogens is 248 g/mol. The van der Waals surface area contributed by atoms with E-state index in [4.69, 9.17) is 5.73 Å². The first kappa shape index (κ1) is 15.1. The summed E-state index contributed by atoms with van der Waals surface area (Å²) < 4.78 is 26.2. The molecule has 0 heterocycles. The van der Waals surface area contributed by atoms with Gasteiger partial charge in [-0.25, -0.2) is 8.42 Å². The monoisotopic (exact) mass is 270 g/mol. The minimum absolute atomic E-state index is 0.0368. The minimum atomic E-state index is -3.27. The molecule has 2 N–H and O–H groups in total. The van der Waals surface area contributed by atoms with Gasteiger partial charge in [0.05, 0.1) is 5.75 Å². The van der Waals surface area contributed by atoms with Crippen LogP contribution >= 0.6 is 0 Å². The number of nitrogens with zero attached hydrogens (tertiary/aromatic N) is 1. The quantitative estimate of drug-likeness (QED) is 0.818. The van der Waals surface area contributed by atoms with E-state index in [1.165, 1.54) is 4.31 Å². The first-order valence-corrected chi connectivity index (χ1v) is 7.82. The molecule has 0 radical (unpaired) electrons. The SMILES string of the molecule is CC(C)N(CCCN)S(=O)(=O)Cc1ccccc1. The maximum absolute atomic E-state index is 12.3. The van der Waals surface area contributed by atoms with Gasteiger partial charge < -0.3 is 5.73 Å². The average Bonchev–Trinajstić information content (AvgIpc) is 2.29. The van der Waals surface area contributed by atoms with Gasteiger partial charge in [-0.05, 0) is 32.4 Å². The summed E-state index contributed by atoms with van der Waals surface area (Å²) in [5, 5.41) is 0. The van der Waals surface area contributed by atoms with Crippen LogP contribution < -0.4 is 5.73 Å². The second-order valence-electron chi connectivity index (χ2n) is 4.59. The van der Waals surface area contributed by atoms with Crippen LogP contribution in [0.4, 0.5) is 0 Å². The van der Waals surface area contributed by atoms with Crippen molar-refractivity contribution in [1.29, 1.82) is 0 Å². The van der Waals surface area contributed by atoms with Crippen molar-refractivity contribution in [2.45, 2.75) is 32.1 Å². The summed E-state index contributed by atoms with van der Waals surface area (Å²) in [5.74, 6) is 0.0522. The number of nitrogens with two attached hydrogens (primary N) is 1. The molecule has 0 bridgehead atoms. The molecule has 0 aliphatic carbocycles. The molecule has 1 rings (SSSR count). The number of benzene rings is 1. The normalized spacial score (nSPS) is 12.3. The summed E-state index contributed by atoms with van der Waals surface area (Å²) in [6, 6.07) is 9.21. The van der Waals surface area contributed by atoms with Gasteiger partial charge in [0.15, 0.2) is 0 Å². The van der Waals surface area contributed by atoms with Crippen molar-refractivity contribution < 1.29 is 8.42 Å². The molecule has 0 saturated carbocycles. The van der Waals surface area contributed by atoms with E-state index in [-0.39, 0.29) is 11.8 Å². The van der Waals surface area contributed by atoms with Crippen LogP contribution in [0.25, 0.3) is 0 Å². The van der Waals surface area contributed by atoms with E-state index in [1.807, 2.05) is 44.2 Å². The second-order valence-corrected chi connectivity index (χ2v) is 6.51. The van der Waals surface area contributed by atoms with E-state index >= 15 is 0 Å². The molecule has 18 heavy (non-hydrogen) atoms. The fourth-order valence-electron chi connectivity index (χ4n) is 1.83. The lowest BCUT2D eigenvalue weighted by Crippen LogP contribution is -2.39. The molecule has 0 fully saturated rings. The molecule has 1 aromatic carbocycles. The lowest BCUT2D eigenvalue weighted by Gasteiger charge is -2.25. The summed E-state index contributed by atoms with van der Waals surface area (Å²) in [7, 11) is -3.27. The van der Waals surface area contributed by atoms with Crippen LogP contribution in [0.1, 0.15) is 25.8 Å². The highest BCUT2D eigenvalue weighted by atomic mass is 32.2. The van der Waals surface area contributed by atoms with Crippen LogP contribution in [-0.2, 0) is 15.8 Å². The fourth-order valence-corrected chi connectivity index (χ4v) is 3.66. The Hall–Kier alpha value is -0.910. The first-order chi connectivity index (χ1) is 8.47. The van der Waals surface area contributed by atoms with Gasteiger partial charge in [0, 0.05) is 12.6 Å². The van der Waals surface area contributed by atoms with Crippen molar-refractivity contribution in [3.63, 3.8) is 0 Å². The van der Waals surface area contributed by atoms with Crippen molar-refractivity contribution >= 4 is 10.0 Å². The van der Waals surface area contributed by atoms with E-state index in [9.17, 15) is 8.42 Å². The number of rotatable bonds is 7. The van der Waals surface area contributed by atoms with E-state index in [0.29, 0.717) is 19.5 Å². The maximum atomic E-state index is 12.3. The van der Waals surface area contributed by atoms with Gasteiger partial charge in [0.25, 0.3) is 0 Å². The predicted molar refractivity (Wildman–Crippen MR) is 74.6 cm³/mol.